The monoisotopic (exact) mass is 238 g/mol. The SMILES string of the molecule is CCN(CCNCCC(C)C)Cc1ccco1. The van der Waals surface area contributed by atoms with Crippen LogP contribution in [-0.2, 0) is 6.54 Å². The Morgan fingerprint density at radius 3 is 2.76 bits per heavy atom. The molecule has 0 fully saturated rings. The van der Waals surface area contributed by atoms with Crippen LogP contribution in [0, 0.1) is 5.92 Å². The van der Waals surface area contributed by atoms with Crippen LogP contribution in [0.25, 0.3) is 0 Å². The molecule has 0 unspecified atom stereocenters. The maximum Gasteiger partial charge on any atom is 0.117 e. The molecule has 3 nitrogen and oxygen atoms in total. The highest BCUT2D eigenvalue weighted by Crippen LogP contribution is 2.04. The van der Waals surface area contributed by atoms with Gasteiger partial charge in [0.1, 0.15) is 5.76 Å². The fraction of sp³-hybridized carbons (Fsp3) is 0.714. The van der Waals surface area contributed by atoms with Gasteiger partial charge in [0.25, 0.3) is 0 Å². The van der Waals surface area contributed by atoms with Gasteiger partial charge in [-0.2, -0.15) is 0 Å². The van der Waals surface area contributed by atoms with Gasteiger partial charge in [-0.25, -0.2) is 0 Å². The van der Waals surface area contributed by atoms with Gasteiger partial charge in [0.05, 0.1) is 12.8 Å². The first-order valence-corrected chi connectivity index (χ1v) is 6.67. The maximum absolute atomic E-state index is 5.36. The third-order valence-corrected chi connectivity index (χ3v) is 2.91. The molecule has 98 valence electrons. The minimum atomic E-state index is 0.785. The lowest BCUT2D eigenvalue weighted by Gasteiger charge is -2.19. The van der Waals surface area contributed by atoms with Crippen molar-refractivity contribution in [2.24, 2.45) is 5.92 Å². The van der Waals surface area contributed by atoms with E-state index in [2.05, 4.69) is 31.0 Å². The van der Waals surface area contributed by atoms with Crippen molar-refractivity contribution in [2.45, 2.75) is 33.7 Å². The average molecular weight is 238 g/mol. The summed E-state index contributed by atoms with van der Waals surface area (Å²) in [6.07, 6.45) is 2.99. The number of nitrogens with zero attached hydrogens (tertiary/aromatic N) is 1. The first-order chi connectivity index (χ1) is 8.22. The molecule has 0 radical (unpaired) electrons. The van der Waals surface area contributed by atoms with Crippen molar-refractivity contribution < 1.29 is 4.42 Å². The molecule has 0 saturated carbocycles. The number of furan rings is 1. The van der Waals surface area contributed by atoms with Crippen molar-refractivity contribution in [3.63, 3.8) is 0 Å². The molecule has 0 spiro atoms. The number of hydrogen-bond donors (Lipinski definition) is 1. The van der Waals surface area contributed by atoms with Gasteiger partial charge >= 0.3 is 0 Å². The normalized spacial score (nSPS) is 11.6. The van der Waals surface area contributed by atoms with Gasteiger partial charge in [-0.15, -0.1) is 0 Å². The predicted molar refractivity (Wildman–Crippen MR) is 72.0 cm³/mol. The molecular weight excluding hydrogens is 212 g/mol. The summed E-state index contributed by atoms with van der Waals surface area (Å²) in [5, 5.41) is 3.49. The molecule has 0 aliphatic carbocycles. The summed E-state index contributed by atoms with van der Waals surface area (Å²) in [7, 11) is 0. The minimum absolute atomic E-state index is 0.785. The lowest BCUT2D eigenvalue weighted by Crippen LogP contribution is -2.32. The van der Waals surface area contributed by atoms with Crippen LogP contribution in [0.5, 0.6) is 0 Å². The molecule has 17 heavy (non-hydrogen) atoms. The molecule has 3 heteroatoms. The molecule has 0 amide bonds. The topological polar surface area (TPSA) is 28.4 Å². The van der Waals surface area contributed by atoms with Crippen molar-refractivity contribution in [1.82, 2.24) is 10.2 Å². The number of rotatable bonds is 9. The van der Waals surface area contributed by atoms with Crippen LogP contribution in [0.3, 0.4) is 0 Å². The van der Waals surface area contributed by atoms with E-state index in [1.54, 1.807) is 6.26 Å². The lowest BCUT2D eigenvalue weighted by atomic mass is 10.1. The van der Waals surface area contributed by atoms with Gasteiger partial charge in [0.15, 0.2) is 0 Å². The highest BCUT2D eigenvalue weighted by Gasteiger charge is 2.04. The van der Waals surface area contributed by atoms with E-state index in [4.69, 9.17) is 4.42 Å². The molecule has 1 rings (SSSR count). The van der Waals surface area contributed by atoms with Gasteiger partial charge < -0.3 is 9.73 Å². The standard InChI is InChI=1S/C14H26N2O/c1-4-16(12-14-6-5-11-17-14)10-9-15-8-7-13(2)3/h5-6,11,13,15H,4,7-10,12H2,1-3H3. The lowest BCUT2D eigenvalue weighted by molar-refractivity contribution is 0.255. The smallest absolute Gasteiger partial charge is 0.117 e. The Morgan fingerprint density at radius 2 is 2.18 bits per heavy atom. The second-order valence-electron chi connectivity index (χ2n) is 4.88. The third kappa shape index (κ3) is 6.49. The van der Waals surface area contributed by atoms with E-state index in [9.17, 15) is 0 Å². The van der Waals surface area contributed by atoms with Crippen LogP contribution in [0.1, 0.15) is 33.0 Å². The first kappa shape index (κ1) is 14.3. The summed E-state index contributed by atoms with van der Waals surface area (Å²) in [6.45, 7) is 11.9. The Kier molecular flexibility index (Phi) is 6.97. The fourth-order valence-corrected chi connectivity index (χ4v) is 1.72. The molecule has 1 aromatic rings. The summed E-state index contributed by atoms with van der Waals surface area (Å²) < 4.78 is 5.36. The number of hydrogen-bond acceptors (Lipinski definition) is 3. The molecule has 1 N–H and O–H groups in total. The number of nitrogens with one attached hydrogen (secondary N) is 1. The average Bonchev–Trinajstić information content (AvgIpc) is 2.79. The zero-order chi connectivity index (χ0) is 12.5. The largest absolute Gasteiger partial charge is 0.468 e. The first-order valence-electron chi connectivity index (χ1n) is 6.67. The Labute approximate surface area is 105 Å². The van der Waals surface area contributed by atoms with Crippen molar-refractivity contribution in [2.75, 3.05) is 26.2 Å². The third-order valence-electron chi connectivity index (χ3n) is 2.91. The van der Waals surface area contributed by atoms with Crippen molar-refractivity contribution in [1.29, 1.82) is 0 Å². The van der Waals surface area contributed by atoms with Gasteiger partial charge in [-0.05, 0) is 37.6 Å². The quantitative estimate of drug-likeness (QED) is 0.671. The summed E-state index contributed by atoms with van der Waals surface area (Å²) in [5.41, 5.74) is 0. The van der Waals surface area contributed by atoms with Crippen molar-refractivity contribution >= 4 is 0 Å². The van der Waals surface area contributed by atoms with E-state index in [0.717, 1.165) is 44.4 Å². The highest BCUT2D eigenvalue weighted by atomic mass is 16.3. The zero-order valence-electron chi connectivity index (χ0n) is 11.4. The molecule has 0 atom stereocenters. The van der Waals surface area contributed by atoms with E-state index in [-0.39, 0.29) is 0 Å². The van der Waals surface area contributed by atoms with E-state index in [1.807, 2.05) is 12.1 Å². The summed E-state index contributed by atoms with van der Waals surface area (Å²) in [6, 6.07) is 3.99. The molecule has 0 aliphatic rings. The Hall–Kier alpha value is -0.800. The van der Waals surface area contributed by atoms with Crippen LogP contribution < -0.4 is 5.32 Å². The Morgan fingerprint density at radius 1 is 1.35 bits per heavy atom. The minimum Gasteiger partial charge on any atom is -0.468 e. The second kappa shape index (κ2) is 8.31. The predicted octanol–water partition coefficient (Wildman–Crippen LogP) is 2.74. The summed E-state index contributed by atoms with van der Waals surface area (Å²) in [4.78, 5) is 2.39. The van der Waals surface area contributed by atoms with Crippen LogP contribution in [-0.4, -0.2) is 31.1 Å². The van der Waals surface area contributed by atoms with Crippen molar-refractivity contribution in [3.05, 3.63) is 24.2 Å². The summed E-state index contributed by atoms with van der Waals surface area (Å²) in [5.74, 6) is 1.84. The van der Waals surface area contributed by atoms with Gasteiger partial charge in [-0.1, -0.05) is 20.8 Å². The summed E-state index contributed by atoms with van der Waals surface area (Å²) >= 11 is 0. The Bertz CT molecular complexity index is 270. The van der Waals surface area contributed by atoms with Gasteiger partial charge in [-0.3, -0.25) is 4.90 Å². The Balaban J connectivity index is 2.10. The molecular formula is C14H26N2O. The van der Waals surface area contributed by atoms with E-state index < -0.39 is 0 Å². The molecule has 1 heterocycles. The second-order valence-corrected chi connectivity index (χ2v) is 4.88. The molecule has 0 aromatic carbocycles. The van der Waals surface area contributed by atoms with Crippen LogP contribution in [0.4, 0.5) is 0 Å². The van der Waals surface area contributed by atoms with E-state index in [0.29, 0.717) is 0 Å². The van der Waals surface area contributed by atoms with E-state index in [1.165, 1.54) is 6.42 Å². The van der Waals surface area contributed by atoms with Crippen LogP contribution in [0.15, 0.2) is 22.8 Å². The fourth-order valence-electron chi connectivity index (χ4n) is 1.72. The maximum atomic E-state index is 5.36. The molecule has 0 saturated heterocycles. The van der Waals surface area contributed by atoms with Crippen molar-refractivity contribution in [3.8, 4) is 0 Å². The highest BCUT2D eigenvalue weighted by molar-refractivity contribution is 4.97. The van der Waals surface area contributed by atoms with Crippen LogP contribution >= 0.6 is 0 Å². The van der Waals surface area contributed by atoms with E-state index >= 15 is 0 Å². The van der Waals surface area contributed by atoms with Gasteiger partial charge in [0, 0.05) is 13.1 Å². The molecule has 0 aliphatic heterocycles. The molecule has 1 aromatic heterocycles. The van der Waals surface area contributed by atoms with Crippen LogP contribution in [0.2, 0.25) is 0 Å². The zero-order valence-corrected chi connectivity index (χ0v) is 11.4. The number of likely N-dealkylation sites (N-methyl/N-ethyl adjacent to an activating group) is 1. The van der Waals surface area contributed by atoms with Gasteiger partial charge in [0.2, 0.25) is 0 Å². The molecule has 0 bridgehead atoms.